The quantitative estimate of drug-likeness (QED) is 0.696. The van der Waals surface area contributed by atoms with Crippen molar-refractivity contribution < 1.29 is 13.7 Å². The van der Waals surface area contributed by atoms with Crippen molar-refractivity contribution >= 4 is 21.6 Å². The lowest BCUT2D eigenvalue weighted by Gasteiger charge is -2.28. The number of halogens is 1. The Morgan fingerprint density at radius 2 is 1.78 bits per heavy atom. The third-order valence-corrected chi connectivity index (χ3v) is 4.14. The van der Waals surface area contributed by atoms with E-state index in [9.17, 15) is 0 Å². The minimum absolute atomic E-state index is 0.364. The third kappa shape index (κ3) is 3.02. The molecule has 1 aromatic carbocycles. The van der Waals surface area contributed by atoms with Crippen LogP contribution in [0.25, 0.3) is 23.0 Å². The molecule has 2 aromatic heterocycles. The van der Waals surface area contributed by atoms with Gasteiger partial charge in [0.1, 0.15) is 0 Å². The van der Waals surface area contributed by atoms with Gasteiger partial charge < -0.3 is 18.6 Å². The van der Waals surface area contributed by atoms with Crippen molar-refractivity contribution in [2.75, 3.05) is 31.2 Å². The van der Waals surface area contributed by atoms with E-state index in [1.807, 2.05) is 12.1 Å². The molecule has 0 unspecified atom stereocenters. The van der Waals surface area contributed by atoms with E-state index in [4.69, 9.17) is 13.7 Å². The van der Waals surface area contributed by atoms with Crippen LogP contribution in [-0.4, -0.2) is 36.4 Å². The molecule has 1 aliphatic rings. The first-order valence-corrected chi connectivity index (χ1v) is 8.11. The highest BCUT2D eigenvalue weighted by molar-refractivity contribution is 9.10. The van der Waals surface area contributed by atoms with Crippen molar-refractivity contribution in [2.45, 2.75) is 0 Å². The number of aromatic nitrogens is 2. The SMILES string of the molecule is Brc1ccc(-c2nc(-c3ccc(N4CCOCC4)cc3)no2)o1. The van der Waals surface area contributed by atoms with E-state index in [-0.39, 0.29) is 0 Å². The van der Waals surface area contributed by atoms with Crippen LogP contribution in [0.3, 0.4) is 0 Å². The molecule has 0 saturated carbocycles. The van der Waals surface area contributed by atoms with E-state index in [2.05, 4.69) is 43.1 Å². The van der Waals surface area contributed by atoms with Gasteiger partial charge >= 0.3 is 0 Å². The number of hydrogen-bond donors (Lipinski definition) is 0. The van der Waals surface area contributed by atoms with Crippen LogP contribution >= 0.6 is 15.9 Å². The highest BCUT2D eigenvalue weighted by atomic mass is 79.9. The maximum Gasteiger partial charge on any atom is 0.293 e. The summed E-state index contributed by atoms with van der Waals surface area (Å²) in [5.74, 6) is 1.45. The van der Waals surface area contributed by atoms with Gasteiger partial charge in [0.25, 0.3) is 5.89 Å². The highest BCUT2D eigenvalue weighted by Crippen LogP contribution is 2.27. The summed E-state index contributed by atoms with van der Waals surface area (Å²) in [6.07, 6.45) is 0. The summed E-state index contributed by atoms with van der Waals surface area (Å²) >= 11 is 3.26. The summed E-state index contributed by atoms with van der Waals surface area (Å²) in [6.45, 7) is 3.38. The molecule has 1 aliphatic heterocycles. The first kappa shape index (κ1) is 14.5. The number of ether oxygens (including phenoxy) is 1. The zero-order valence-corrected chi connectivity index (χ0v) is 13.8. The Kier molecular flexibility index (Phi) is 3.88. The van der Waals surface area contributed by atoms with Gasteiger partial charge in [0.15, 0.2) is 10.4 Å². The molecule has 1 saturated heterocycles. The van der Waals surface area contributed by atoms with E-state index in [0.29, 0.717) is 22.1 Å². The molecule has 7 heteroatoms. The number of morpholine rings is 1. The van der Waals surface area contributed by atoms with E-state index in [1.54, 1.807) is 12.1 Å². The Labute approximate surface area is 141 Å². The third-order valence-electron chi connectivity index (χ3n) is 3.71. The molecular weight excluding hydrogens is 362 g/mol. The van der Waals surface area contributed by atoms with Crippen molar-refractivity contribution in [3.63, 3.8) is 0 Å². The van der Waals surface area contributed by atoms with E-state index >= 15 is 0 Å². The minimum Gasteiger partial charge on any atom is -0.444 e. The molecular formula is C16H14BrN3O3. The van der Waals surface area contributed by atoms with Crippen LogP contribution in [0.2, 0.25) is 0 Å². The predicted molar refractivity (Wildman–Crippen MR) is 88.2 cm³/mol. The molecule has 4 rings (SSSR count). The second kappa shape index (κ2) is 6.17. The lowest BCUT2D eigenvalue weighted by molar-refractivity contribution is 0.122. The summed E-state index contributed by atoms with van der Waals surface area (Å²) < 4.78 is 16.7. The summed E-state index contributed by atoms with van der Waals surface area (Å²) in [4.78, 5) is 6.68. The van der Waals surface area contributed by atoms with Gasteiger partial charge in [-0.3, -0.25) is 0 Å². The van der Waals surface area contributed by atoms with E-state index < -0.39 is 0 Å². The first-order valence-electron chi connectivity index (χ1n) is 7.32. The Balaban J connectivity index is 1.55. The standard InChI is InChI=1S/C16H14BrN3O3/c17-14-6-5-13(22-14)16-18-15(19-23-16)11-1-3-12(4-2-11)20-7-9-21-10-8-20/h1-6H,7-10H2. The molecule has 0 amide bonds. The summed E-state index contributed by atoms with van der Waals surface area (Å²) in [7, 11) is 0. The molecule has 3 heterocycles. The average Bonchev–Trinajstić information content (AvgIpc) is 3.25. The van der Waals surface area contributed by atoms with Crippen molar-refractivity contribution in [1.82, 2.24) is 10.1 Å². The van der Waals surface area contributed by atoms with Gasteiger partial charge in [-0.25, -0.2) is 0 Å². The van der Waals surface area contributed by atoms with Gasteiger partial charge in [0, 0.05) is 24.3 Å². The number of rotatable bonds is 3. The van der Waals surface area contributed by atoms with Gasteiger partial charge in [-0.05, 0) is 52.3 Å². The molecule has 1 fully saturated rings. The predicted octanol–water partition coefficient (Wildman–Crippen LogP) is 3.60. The fraction of sp³-hybridized carbons (Fsp3) is 0.250. The van der Waals surface area contributed by atoms with Crippen LogP contribution in [0, 0.1) is 0 Å². The van der Waals surface area contributed by atoms with Crippen LogP contribution < -0.4 is 4.90 Å². The normalized spacial score (nSPS) is 15.1. The second-order valence-corrected chi connectivity index (χ2v) is 5.95. The van der Waals surface area contributed by atoms with Crippen LogP contribution in [0.5, 0.6) is 0 Å². The first-order chi connectivity index (χ1) is 11.3. The zero-order chi connectivity index (χ0) is 15.6. The number of benzene rings is 1. The highest BCUT2D eigenvalue weighted by Gasteiger charge is 2.15. The summed E-state index contributed by atoms with van der Waals surface area (Å²) in [6, 6.07) is 11.7. The van der Waals surface area contributed by atoms with Gasteiger partial charge in [-0.15, -0.1) is 0 Å². The smallest absolute Gasteiger partial charge is 0.293 e. The fourth-order valence-corrected chi connectivity index (χ4v) is 2.82. The molecule has 0 radical (unpaired) electrons. The Morgan fingerprint density at radius 3 is 2.48 bits per heavy atom. The van der Waals surface area contributed by atoms with Gasteiger partial charge in [0.2, 0.25) is 5.82 Å². The molecule has 0 N–H and O–H groups in total. The zero-order valence-electron chi connectivity index (χ0n) is 12.2. The number of furan rings is 1. The van der Waals surface area contributed by atoms with Crippen molar-refractivity contribution in [2.24, 2.45) is 0 Å². The van der Waals surface area contributed by atoms with Gasteiger partial charge in [-0.2, -0.15) is 4.98 Å². The minimum atomic E-state index is 0.364. The van der Waals surface area contributed by atoms with Crippen LogP contribution in [0.1, 0.15) is 0 Å². The topological polar surface area (TPSA) is 64.5 Å². The number of hydrogen-bond acceptors (Lipinski definition) is 6. The lowest BCUT2D eigenvalue weighted by Crippen LogP contribution is -2.36. The molecule has 0 bridgehead atoms. The molecule has 6 nitrogen and oxygen atoms in total. The van der Waals surface area contributed by atoms with Gasteiger partial charge in [0.05, 0.1) is 13.2 Å². The van der Waals surface area contributed by atoms with Crippen LogP contribution in [0.4, 0.5) is 5.69 Å². The summed E-state index contributed by atoms with van der Waals surface area (Å²) in [5.41, 5.74) is 2.08. The van der Waals surface area contributed by atoms with Crippen molar-refractivity contribution in [3.8, 4) is 23.0 Å². The van der Waals surface area contributed by atoms with Crippen LogP contribution in [-0.2, 0) is 4.74 Å². The molecule has 0 atom stereocenters. The monoisotopic (exact) mass is 375 g/mol. The van der Waals surface area contributed by atoms with Crippen molar-refractivity contribution in [1.29, 1.82) is 0 Å². The molecule has 3 aromatic rings. The maximum atomic E-state index is 5.42. The lowest BCUT2D eigenvalue weighted by atomic mass is 10.2. The van der Waals surface area contributed by atoms with E-state index in [1.165, 1.54) is 5.69 Å². The Bertz CT molecular complexity index is 791. The maximum absolute atomic E-state index is 5.42. The second-order valence-electron chi connectivity index (χ2n) is 5.17. The fourth-order valence-electron chi connectivity index (χ4n) is 2.51. The molecule has 118 valence electrons. The van der Waals surface area contributed by atoms with Crippen molar-refractivity contribution in [3.05, 3.63) is 41.1 Å². The molecule has 0 aliphatic carbocycles. The van der Waals surface area contributed by atoms with E-state index in [0.717, 1.165) is 31.9 Å². The average molecular weight is 376 g/mol. The van der Waals surface area contributed by atoms with Gasteiger partial charge in [-0.1, -0.05) is 5.16 Å². The number of anilines is 1. The molecule has 23 heavy (non-hydrogen) atoms. The number of nitrogens with zero attached hydrogens (tertiary/aromatic N) is 3. The summed E-state index contributed by atoms with van der Waals surface area (Å²) in [5, 5.41) is 4.02. The van der Waals surface area contributed by atoms with Crippen LogP contribution in [0.15, 0.2) is 50.0 Å². The molecule has 0 spiro atoms. The Hall–Kier alpha value is -2.12. The largest absolute Gasteiger partial charge is 0.444 e. The Morgan fingerprint density at radius 1 is 1.00 bits per heavy atom.